The van der Waals surface area contributed by atoms with E-state index in [0.717, 1.165) is 33.4 Å². The number of fused-ring (bicyclic) bond motifs is 1. The lowest BCUT2D eigenvalue weighted by Gasteiger charge is -2.07. The number of methoxy groups -OCH3 is 1. The first-order valence-corrected chi connectivity index (χ1v) is 9.75. The maximum atomic E-state index is 11.9. The van der Waals surface area contributed by atoms with Crippen molar-refractivity contribution < 1.29 is 9.15 Å². The first-order valence-electron chi connectivity index (χ1n) is 8.77. The molecule has 0 aliphatic carbocycles. The molecule has 0 atom stereocenters. The molecule has 6 nitrogen and oxygen atoms in total. The van der Waals surface area contributed by atoms with Gasteiger partial charge in [-0.1, -0.05) is 11.8 Å². The van der Waals surface area contributed by atoms with Crippen molar-refractivity contribution in [3.8, 4) is 17.1 Å². The molecule has 142 valence electrons. The van der Waals surface area contributed by atoms with Crippen LogP contribution < -0.4 is 10.4 Å². The highest BCUT2D eigenvalue weighted by Gasteiger charge is 2.11. The number of aromatic amines is 1. The smallest absolute Gasteiger partial charge is 0.336 e. The van der Waals surface area contributed by atoms with E-state index in [1.165, 1.54) is 11.8 Å². The van der Waals surface area contributed by atoms with Crippen LogP contribution in [0.15, 0.2) is 56.8 Å². The van der Waals surface area contributed by atoms with Crippen molar-refractivity contribution in [3.63, 3.8) is 0 Å². The van der Waals surface area contributed by atoms with E-state index in [1.807, 2.05) is 44.2 Å². The van der Waals surface area contributed by atoms with E-state index in [4.69, 9.17) is 9.15 Å². The molecule has 0 spiro atoms. The van der Waals surface area contributed by atoms with E-state index in [-0.39, 0.29) is 5.63 Å². The monoisotopic (exact) mass is 393 g/mol. The van der Waals surface area contributed by atoms with E-state index in [1.54, 1.807) is 13.2 Å². The van der Waals surface area contributed by atoms with Crippen molar-refractivity contribution in [2.24, 2.45) is 0 Å². The minimum absolute atomic E-state index is 0.347. The fraction of sp³-hybridized carbons (Fsp3) is 0.190. The topological polar surface area (TPSA) is 81.0 Å². The average molecular weight is 393 g/mol. The summed E-state index contributed by atoms with van der Waals surface area (Å²) >= 11 is 1.47. The van der Waals surface area contributed by atoms with Crippen molar-refractivity contribution >= 4 is 22.7 Å². The number of rotatable bonds is 5. The number of thioether (sulfide) groups is 1. The van der Waals surface area contributed by atoms with Crippen molar-refractivity contribution in [2.75, 3.05) is 7.11 Å². The van der Waals surface area contributed by atoms with Gasteiger partial charge in [-0.2, -0.15) is 0 Å². The summed E-state index contributed by atoms with van der Waals surface area (Å²) in [6.07, 6.45) is 0. The summed E-state index contributed by atoms with van der Waals surface area (Å²) in [5.74, 6) is 2.05. The van der Waals surface area contributed by atoms with Gasteiger partial charge in [0.15, 0.2) is 5.82 Å². The summed E-state index contributed by atoms with van der Waals surface area (Å²) in [4.78, 5) is 16.5. The number of benzene rings is 2. The van der Waals surface area contributed by atoms with Crippen LogP contribution in [-0.2, 0) is 5.75 Å². The van der Waals surface area contributed by atoms with Gasteiger partial charge in [0, 0.05) is 22.8 Å². The van der Waals surface area contributed by atoms with Crippen molar-refractivity contribution in [1.82, 2.24) is 15.2 Å². The number of aromatic nitrogens is 3. The molecule has 0 unspecified atom stereocenters. The van der Waals surface area contributed by atoms with E-state index in [9.17, 15) is 4.79 Å². The number of aryl methyl sites for hydroxylation is 2. The molecule has 0 bridgehead atoms. The van der Waals surface area contributed by atoms with Gasteiger partial charge in [-0.05, 0) is 66.9 Å². The largest absolute Gasteiger partial charge is 0.497 e. The van der Waals surface area contributed by atoms with Crippen LogP contribution in [0.5, 0.6) is 5.75 Å². The highest BCUT2D eigenvalue weighted by atomic mass is 32.2. The third-order valence-electron chi connectivity index (χ3n) is 4.63. The van der Waals surface area contributed by atoms with Gasteiger partial charge >= 0.3 is 5.63 Å². The van der Waals surface area contributed by atoms with Crippen LogP contribution in [-0.4, -0.2) is 22.3 Å². The highest BCUT2D eigenvalue weighted by Crippen LogP contribution is 2.28. The van der Waals surface area contributed by atoms with Gasteiger partial charge in [-0.15, -0.1) is 5.10 Å². The van der Waals surface area contributed by atoms with Crippen LogP contribution in [0.1, 0.15) is 16.7 Å². The summed E-state index contributed by atoms with van der Waals surface area (Å²) in [5, 5.41) is 8.80. The second-order valence-electron chi connectivity index (χ2n) is 6.51. The number of hydrogen-bond donors (Lipinski definition) is 1. The molecule has 7 heteroatoms. The second-order valence-corrected chi connectivity index (χ2v) is 7.45. The molecule has 0 aliphatic rings. The zero-order valence-electron chi connectivity index (χ0n) is 15.8. The van der Waals surface area contributed by atoms with Crippen LogP contribution in [0, 0.1) is 13.8 Å². The maximum Gasteiger partial charge on any atom is 0.336 e. The summed E-state index contributed by atoms with van der Waals surface area (Å²) in [6, 6.07) is 13.1. The molecule has 4 aromatic rings. The predicted molar refractivity (Wildman–Crippen MR) is 110 cm³/mol. The Balaban J connectivity index is 1.57. The molecule has 28 heavy (non-hydrogen) atoms. The lowest BCUT2D eigenvalue weighted by atomic mass is 10.0. The van der Waals surface area contributed by atoms with E-state index in [0.29, 0.717) is 22.3 Å². The number of hydrogen-bond acceptors (Lipinski definition) is 6. The van der Waals surface area contributed by atoms with Crippen molar-refractivity contribution in [3.05, 3.63) is 69.6 Å². The van der Waals surface area contributed by atoms with Gasteiger partial charge < -0.3 is 9.15 Å². The number of nitrogens with one attached hydrogen (secondary N) is 1. The van der Waals surface area contributed by atoms with Crippen LogP contribution in [0.3, 0.4) is 0 Å². The first kappa shape index (κ1) is 18.3. The number of nitrogens with zero attached hydrogens (tertiary/aromatic N) is 2. The molecule has 2 heterocycles. The minimum Gasteiger partial charge on any atom is -0.497 e. The van der Waals surface area contributed by atoms with E-state index < -0.39 is 0 Å². The number of ether oxygens (including phenoxy) is 1. The average Bonchev–Trinajstić information content (AvgIpc) is 3.16. The number of H-pyrrole nitrogens is 1. The molecule has 1 N–H and O–H groups in total. The fourth-order valence-electron chi connectivity index (χ4n) is 2.93. The Morgan fingerprint density at radius 2 is 1.86 bits per heavy atom. The zero-order valence-corrected chi connectivity index (χ0v) is 16.6. The predicted octanol–water partition coefficient (Wildman–Crippen LogP) is 4.50. The SMILES string of the molecule is COc1ccc(-c2nc(SCc3cc(=O)oc4cc(C)c(C)cc34)n[nH]2)cc1. The normalized spacial score (nSPS) is 11.1. The quantitative estimate of drug-likeness (QED) is 0.397. The second kappa shape index (κ2) is 7.52. The standard InChI is InChI=1S/C21H19N3O3S/c1-12-8-17-15(10-19(25)27-18(17)9-13(12)2)11-28-21-22-20(23-24-21)14-4-6-16(26-3)7-5-14/h4-10H,11H2,1-3H3,(H,22,23,24). The van der Waals surface area contributed by atoms with Gasteiger partial charge in [-0.25, -0.2) is 9.78 Å². The van der Waals surface area contributed by atoms with Crippen molar-refractivity contribution in [1.29, 1.82) is 0 Å². The van der Waals surface area contributed by atoms with Gasteiger partial charge in [0.05, 0.1) is 7.11 Å². The van der Waals surface area contributed by atoms with E-state index in [2.05, 4.69) is 21.2 Å². The lowest BCUT2D eigenvalue weighted by molar-refractivity contribution is 0.415. The van der Waals surface area contributed by atoms with Crippen molar-refractivity contribution in [2.45, 2.75) is 24.8 Å². The highest BCUT2D eigenvalue weighted by molar-refractivity contribution is 7.98. The molecule has 0 amide bonds. The Labute approximate surface area is 166 Å². The lowest BCUT2D eigenvalue weighted by Crippen LogP contribution is -2.00. The van der Waals surface area contributed by atoms with Gasteiger partial charge in [0.2, 0.25) is 5.16 Å². The Morgan fingerprint density at radius 1 is 1.11 bits per heavy atom. The summed E-state index contributed by atoms with van der Waals surface area (Å²) < 4.78 is 10.5. The maximum absolute atomic E-state index is 11.9. The molecule has 4 rings (SSSR count). The molecule has 0 radical (unpaired) electrons. The van der Waals surface area contributed by atoms with Crippen LogP contribution in [0.25, 0.3) is 22.4 Å². The molecule has 0 saturated heterocycles. The van der Waals surface area contributed by atoms with Crippen LogP contribution in [0.4, 0.5) is 0 Å². The van der Waals surface area contributed by atoms with E-state index >= 15 is 0 Å². The summed E-state index contributed by atoms with van der Waals surface area (Å²) in [5.41, 5.74) is 4.36. The Hall–Kier alpha value is -3.06. The molecule has 0 aliphatic heterocycles. The Kier molecular flexibility index (Phi) is 4.92. The summed E-state index contributed by atoms with van der Waals surface area (Å²) in [7, 11) is 1.63. The van der Waals surface area contributed by atoms with Crippen LogP contribution in [0.2, 0.25) is 0 Å². The fourth-order valence-corrected chi connectivity index (χ4v) is 3.72. The summed E-state index contributed by atoms with van der Waals surface area (Å²) in [6.45, 7) is 4.05. The molecular weight excluding hydrogens is 374 g/mol. The minimum atomic E-state index is -0.347. The van der Waals surface area contributed by atoms with Gasteiger partial charge in [0.25, 0.3) is 0 Å². The Morgan fingerprint density at radius 3 is 2.61 bits per heavy atom. The van der Waals surface area contributed by atoms with Crippen LogP contribution >= 0.6 is 11.8 Å². The third-order valence-corrected chi connectivity index (χ3v) is 5.53. The molecule has 0 saturated carbocycles. The Bertz CT molecular complexity index is 1200. The molecular formula is C21H19N3O3S. The first-order chi connectivity index (χ1) is 13.5. The molecule has 0 fully saturated rings. The molecule has 2 aromatic heterocycles. The third kappa shape index (κ3) is 3.66. The molecule has 2 aromatic carbocycles. The van der Waals surface area contributed by atoms with Gasteiger partial charge in [0.1, 0.15) is 11.3 Å². The van der Waals surface area contributed by atoms with Gasteiger partial charge in [-0.3, -0.25) is 5.10 Å². The zero-order chi connectivity index (χ0) is 19.7.